The van der Waals surface area contributed by atoms with E-state index in [1.54, 1.807) is 48.5 Å². The van der Waals surface area contributed by atoms with Gasteiger partial charge in [-0.05, 0) is 53.8 Å². The highest BCUT2D eigenvalue weighted by molar-refractivity contribution is 7.15. The van der Waals surface area contributed by atoms with E-state index in [4.69, 9.17) is 4.74 Å². The lowest BCUT2D eigenvalue weighted by Crippen LogP contribution is -2.11. The standard InChI is InChI=1S/C25H25NO4S/c1-2-3-4-5-8-16-30-19-13-11-18(12-14-19)23(27)26-24-21(15-17-31-24)20-9-6-7-10-22(20)25(28)29/h5-15,17H,2-4,16H2,1H3,(H,26,27)(H,28,29)/b8-5+. The Bertz CT molecular complexity index is 1050. The molecule has 0 aliphatic heterocycles. The Labute approximate surface area is 186 Å². The molecule has 160 valence electrons. The predicted octanol–water partition coefficient (Wildman–Crippen LogP) is 6.49. The van der Waals surface area contributed by atoms with Crippen molar-refractivity contribution < 1.29 is 19.4 Å². The van der Waals surface area contributed by atoms with Gasteiger partial charge in [0.25, 0.3) is 5.91 Å². The number of allylic oxidation sites excluding steroid dienone is 1. The summed E-state index contributed by atoms with van der Waals surface area (Å²) in [5.41, 5.74) is 1.95. The molecule has 1 aromatic heterocycles. The first-order chi connectivity index (χ1) is 15.1. The van der Waals surface area contributed by atoms with Crippen LogP contribution in [-0.4, -0.2) is 23.6 Å². The van der Waals surface area contributed by atoms with Crippen LogP contribution in [0.2, 0.25) is 0 Å². The summed E-state index contributed by atoms with van der Waals surface area (Å²) < 4.78 is 5.67. The first-order valence-electron chi connectivity index (χ1n) is 10.2. The van der Waals surface area contributed by atoms with Crippen LogP contribution in [0, 0.1) is 0 Å². The number of carbonyl (C=O) groups is 2. The molecule has 1 heterocycles. The van der Waals surface area contributed by atoms with Gasteiger partial charge in [0.1, 0.15) is 17.4 Å². The van der Waals surface area contributed by atoms with E-state index in [1.165, 1.54) is 24.2 Å². The number of aromatic carboxylic acids is 1. The number of carboxylic acids is 1. The molecule has 0 aliphatic rings. The molecule has 3 rings (SSSR count). The molecule has 0 spiro atoms. The number of anilines is 1. The average Bonchev–Trinajstić information content (AvgIpc) is 3.24. The van der Waals surface area contributed by atoms with E-state index in [1.807, 2.05) is 17.5 Å². The number of carboxylic acid groups (broad SMARTS) is 1. The Balaban J connectivity index is 1.65. The van der Waals surface area contributed by atoms with Crippen LogP contribution in [0.3, 0.4) is 0 Å². The van der Waals surface area contributed by atoms with Gasteiger partial charge in [-0.1, -0.05) is 50.1 Å². The highest BCUT2D eigenvalue weighted by atomic mass is 32.1. The summed E-state index contributed by atoms with van der Waals surface area (Å²) in [5.74, 6) is -0.568. The van der Waals surface area contributed by atoms with Crippen LogP contribution >= 0.6 is 11.3 Å². The van der Waals surface area contributed by atoms with Crippen molar-refractivity contribution in [1.82, 2.24) is 0 Å². The molecule has 6 heteroatoms. The maximum atomic E-state index is 12.7. The van der Waals surface area contributed by atoms with E-state index in [2.05, 4.69) is 18.3 Å². The number of hydrogen-bond donors (Lipinski definition) is 2. The molecule has 0 atom stereocenters. The summed E-state index contributed by atoms with van der Waals surface area (Å²) >= 11 is 1.35. The minimum atomic E-state index is -1.00. The minimum absolute atomic E-state index is 0.196. The Morgan fingerprint density at radius 1 is 1.03 bits per heavy atom. The van der Waals surface area contributed by atoms with Crippen LogP contribution in [0.15, 0.2) is 72.1 Å². The van der Waals surface area contributed by atoms with Crippen LogP contribution in [0.5, 0.6) is 5.75 Å². The third-order valence-electron chi connectivity index (χ3n) is 4.69. The maximum absolute atomic E-state index is 12.7. The summed E-state index contributed by atoms with van der Waals surface area (Å²) in [6.45, 7) is 2.66. The summed E-state index contributed by atoms with van der Waals surface area (Å²) in [5, 5.41) is 14.8. The Kier molecular flexibility index (Phi) is 8.01. The van der Waals surface area contributed by atoms with Gasteiger partial charge in [0.2, 0.25) is 0 Å². The van der Waals surface area contributed by atoms with E-state index >= 15 is 0 Å². The Morgan fingerprint density at radius 2 is 1.81 bits per heavy atom. The maximum Gasteiger partial charge on any atom is 0.336 e. The smallest absolute Gasteiger partial charge is 0.336 e. The van der Waals surface area contributed by atoms with E-state index in [0.717, 1.165) is 6.42 Å². The van der Waals surface area contributed by atoms with Gasteiger partial charge in [-0.15, -0.1) is 11.3 Å². The van der Waals surface area contributed by atoms with Crippen LogP contribution < -0.4 is 10.1 Å². The van der Waals surface area contributed by atoms with Crippen molar-refractivity contribution in [3.8, 4) is 16.9 Å². The zero-order chi connectivity index (χ0) is 22.1. The molecule has 0 unspecified atom stereocenters. The van der Waals surface area contributed by atoms with Gasteiger partial charge in [-0.3, -0.25) is 4.79 Å². The second-order valence-corrected chi connectivity index (χ2v) is 7.83. The fraction of sp³-hybridized carbons (Fsp3) is 0.200. The van der Waals surface area contributed by atoms with Gasteiger partial charge >= 0.3 is 5.97 Å². The second-order valence-electron chi connectivity index (χ2n) is 6.92. The van der Waals surface area contributed by atoms with Crippen molar-refractivity contribution in [1.29, 1.82) is 0 Å². The number of carbonyl (C=O) groups excluding carboxylic acids is 1. The van der Waals surface area contributed by atoms with Crippen molar-refractivity contribution >= 4 is 28.2 Å². The quantitative estimate of drug-likeness (QED) is 0.282. The molecule has 2 aromatic carbocycles. The third-order valence-corrected chi connectivity index (χ3v) is 5.52. The SMILES string of the molecule is CCCC/C=C/COc1ccc(C(=O)Nc2sccc2-c2ccccc2C(=O)O)cc1. The van der Waals surface area contributed by atoms with Crippen LogP contribution in [0.1, 0.15) is 46.9 Å². The lowest BCUT2D eigenvalue weighted by molar-refractivity contribution is 0.0697. The molecule has 0 radical (unpaired) electrons. The van der Waals surface area contributed by atoms with E-state index in [-0.39, 0.29) is 11.5 Å². The summed E-state index contributed by atoms with van der Waals surface area (Å²) in [6.07, 6.45) is 7.53. The monoisotopic (exact) mass is 435 g/mol. The number of amides is 1. The molecule has 5 nitrogen and oxygen atoms in total. The summed E-state index contributed by atoms with van der Waals surface area (Å²) in [4.78, 5) is 24.3. The van der Waals surface area contributed by atoms with Crippen molar-refractivity contribution in [3.63, 3.8) is 0 Å². The molecule has 0 bridgehead atoms. The van der Waals surface area contributed by atoms with Gasteiger partial charge in [0.15, 0.2) is 0 Å². The summed E-state index contributed by atoms with van der Waals surface area (Å²) in [7, 11) is 0. The van der Waals surface area contributed by atoms with E-state index < -0.39 is 5.97 Å². The molecular weight excluding hydrogens is 410 g/mol. The summed E-state index contributed by atoms with van der Waals surface area (Å²) in [6, 6.07) is 15.5. The molecule has 3 aromatic rings. The van der Waals surface area contributed by atoms with Gasteiger partial charge < -0.3 is 15.2 Å². The Morgan fingerprint density at radius 3 is 2.55 bits per heavy atom. The molecule has 2 N–H and O–H groups in total. The lowest BCUT2D eigenvalue weighted by Gasteiger charge is -2.09. The number of thiophene rings is 1. The number of nitrogens with one attached hydrogen (secondary N) is 1. The van der Waals surface area contributed by atoms with Gasteiger partial charge in [0, 0.05) is 11.1 Å². The normalized spacial score (nSPS) is 10.9. The topological polar surface area (TPSA) is 75.6 Å². The molecule has 0 fully saturated rings. The number of benzene rings is 2. The Hall–Kier alpha value is -3.38. The number of ether oxygens (including phenoxy) is 1. The zero-order valence-electron chi connectivity index (χ0n) is 17.3. The average molecular weight is 436 g/mol. The second kappa shape index (κ2) is 11.1. The minimum Gasteiger partial charge on any atom is -0.490 e. The molecule has 0 saturated carbocycles. The highest BCUT2D eigenvalue weighted by Crippen LogP contribution is 2.35. The van der Waals surface area contributed by atoms with E-state index in [0.29, 0.717) is 34.0 Å². The highest BCUT2D eigenvalue weighted by Gasteiger charge is 2.17. The largest absolute Gasteiger partial charge is 0.490 e. The lowest BCUT2D eigenvalue weighted by atomic mass is 10.0. The van der Waals surface area contributed by atoms with Crippen LogP contribution in [0.25, 0.3) is 11.1 Å². The number of hydrogen-bond acceptors (Lipinski definition) is 4. The molecule has 0 aliphatic carbocycles. The molecule has 1 amide bonds. The predicted molar refractivity (Wildman–Crippen MR) is 125 cm³/mol. The van der Waals surface area contributed by atoms with E-state index in [9.17, 15) is 14.7 Å². The fourth-order valence-corrected chi connectivity index (χ4v) is 3.85. The molecule has 0 saturated heterocycles. The van der Waals surface area contributed by atoms with Crippen molar-refractivity contribution in [2.75, 3.05) is 11.9 Å². The van der Waals surface area contributed by atoms with Crippen molar-refractivity contribution in [2.24, 2.45) is 0 Å². The van der Waals surface area contributed by atoms with Crippen molar-refractivity contribution in [2.45, 2.75) is 26.2 Å². The van der Waals surface area contributed by atoms with Gasteiger partial charge in [0.05, 0.1) is 5.56 Å². The van der Waals surface area contributed by atoms with Gasteiger partial charge in [-0.25, -0.2) is 4.79 Å². The number of rotatable bonds is 10. The fourth-order valence-electron chi connectivity index (χ4n) is 3.05. The van der Waals surface area contributed by atoms with Crippen LogP contribution in [0.4, 0.5) is 5.00 Å². The van der Waals surface area contributed by atoms with Crippen molar-refractivity contribution in [3.05, 3.63) is 83.3 Å². The van der Waals surface area contributed by atoms with Crippen LogP contribution in [-0.2, 0) is 0 Å². The molecular formula is C25H25NO4S. The zero-order valence-corrected chi connectivity index (χ0v) is 18.2. The first-order valence-corrected chi connectivity index (χ1v) is 11.1. The van der Waals surface area contributed by atoms with Gasteiger partial charge in [-0.2, -0.15) is 0 Å². The third kappa shape index (κ3) is 6.06. The molecule has 31 heavy (non-hydrogen) atoms. The number of unbranched alkanes of at least 4 members (excludes halogenated alkanes) is 2. The first kappa shape index (κ1) is 22.3.